The molecule has 39 heavy (non-hydrogen) atoms. The summed E-state index contributed by atoms with van der Waals surface area (Å²) >= 11 is 3.52. The van der Waals surface area contributed by atoms with Crippen LogP contribution in [0.4, 0.5) is 0 Å². The first-order valence-corrected chi connectivity index (χ1v) is 14.7. The number of halogens is 1. The summed E-state index contributed by atoms with van der Waals surface area (Å²) in [6, 6.07) is 10.0. The number of likely N-dealkylation sites (tertiary alicyclic amines) is 2. The van der Waals surface area contributed by atoms with Crippen LogP contribution in [0.3, 0.4) is 0 Å². The quantitative estimate of drug-likeness (QED) is 0.225. The van der Waals surface area contributed by atoms with Gasteiger partial charge in [-0.05, 0) is 96.9 Å². The van der Waals surface area contributed by atoms with Gasteiger partial charge in [-0.3, -0.25) is 9.69 Å². The van der Waals surface area contributed by atoms with E-state index in [1.54, 1.807) is 13.0 Å². The number of amides is 1. The zero-order valence-corrected chi connectivity index (χ0v) is 25.9. The fourth-order valence-corrected chi connectivity index (χ4v) is 5.83. The maximum absolute atomic E-state index is 13.3. The van der Waals surface area contributed by atoms with Crippen molar-refractivity contribution in [3.05, 3.63) is 68.6 Å². The van der Waals surface area contributed by atoms with E-state index in [9.17, 15) is 10.0 Å². The minimum Gasteiger partial charge on any atom is -0.618 e. The van der Waals surface area contributed by atoms with E-state index in [4.69, 9.17) is 4.84 Å². The molecule has 0 unspecified atom stereocenters. The summed E-state index contributed by atoms with van der Waals surface area (Å²) in [5.74, 6) is 0.337. The smallest absolute Gasteiger partial charge is 0.260 e. The maximum atomic E-state index is 13.3. The molecule has 9 heteroatoms. The lowest BCUT2D eigenvalue weighted by Gasteiger charge is -2.49. The molecule has 1 aromatic carbocycles. The molecule has 2 saturated heterocycles. The Balaban J connectivity index is 0.00000134. The molecule has 0 bridgehead atoms. The van der Waals surface area contributed by atoms with Crippen molar-refractivity contribution in [3.63, 3.8) is 0 Å². The summed E-state index contributed by atoms with van der Waals surface area (Å²) in [7, 11) is 3.75. The van der Waals surface area contributed by atoms with Crippen molar-refractivity contribution in [3.8, 4) is 0 Å². The van der Waals surface area contributed by atoms with Crippen molar-refractivity contribution < 1.29 is 14.4 Å². The first-order valence-electron chi connectivity index (χ1n) is 13.9. The highest BCUT2D eigenvalue weighted by Gasteiger charge is 2.40. The Bertz CT molecular complexity index is 1120. The third-order valence-electron chi connectivity index (χ3n) is 7.97. The predicted octanol–water partition coefficient (Wildman–Crippen LogP) is 4.68. The summed E-state index contributed by atoms with van der Waals surface area (Å²) in [4.78, 5) is 23.3. The van der Waals surface area contributed by atoms with E-state index < -0.39 is 0 Å². The minimum absolute atomic E-state index is 0.0257. The van der Waals surface area contributed by atoms with E-state index in [1.165, 1.54) is 6.20 Å². The highest BCUT2D eigenvalue weighted by molar-refractivity contribution is 9.10. The van der Waals surface area contributed by atoms with Gasteiger partial charge in [0.15, 0.2) is 6.20 Å². The van der Waals surface area contributed by atoms with E-state index in [2.05, 4.69) is 62.5 Å². The van der Waals surface area contributed by atoms with E-state index in [-0.39, 0.29) is 11.4 Å². The van der Waals surface area contributed by atoms with Crippen molar-refractivity contribution in [2.24, 2.45) is 11.1 Å². The summed E-state index contributed by atoms with van der Waals surface area (Å²) in [6.07, 6.45) is 5.40. The van der Waals surface area contributed by atoms with Crippen LogP contribution in [0.2, 0.25) is 0 Å². The van der Waals surface area contributed by atoms with Crippen molar-refractivity contribution >= 4 is 27.5 Å². The number of piperidine rings is 2. The largest absolute Gasteiger partial charge is 0.618 e. The van der Waals surface area contributed by atoms with Crippen molar-refractivity contribution in [2.75, 3.05) is 46.9 Å². The molecule has 0 spiro atoms. The molecule has 0 saturated carbocycles. The number of carbonyl (C=O) groups is 1. The van der Waals surface area contributed by atoms with Gasteiger partial charge in [-0.1, -0.05) is 33.2 Å². The maximum Gasteiger partial charge on any atom is 0.260 e. The lowest BCUT2D eigenvalue weighted by atomic mass is 9.82. The molecular weight excluding hydrogens is 558 g/mol. The van der Waals surface area contributed by atoms with E-state index >= 15 is 0 Å². The van der Waals surface area contributed by atoms with Gasteiger partial charge in [-0.25, -0.2) is 0 Å². The Morgan fingerprint density at radius 3 is 2.28 bits per heavy atom. The monoisotopic (exact) mass is 601 g/mol. The Labute approximate surface area is 242 Å². The molecule has 1 aromatic heterocycles. The van der Waals surface area contributed by atoms with Gasteiger partial charge in [-0.15, -0.1) is 0 Å². The highest BCUT2D eigenvalue weighted by Crippen LogP contribution is 2.34. The number of oxime groups is 1. The third-order valence-corrected chi connectivity index (χ3v) is 8.49. The normalized spacial score (nSPS) is 18.3. The molecule has 3 heterocycles. The van der Waals surface area contributed by atoms with Crippen LogP contribution in [0.1, 0.15) is 66.7 Å². The fourth-order valence-electron chi connectivity index (χ4n) is 5.57. The number of rotatable bonds is 6. The second-order valence-corrected chi connectivity index (χ2v) is 11.7. The first-order chi connectivity index (χ1) is 18.6. The molecule has 0 radical (unpaired) electrons. The van der Waals surface area contributed by atoms with Crippen LogP contribution in [0.15, 0.2) is 46.2 Å². The second-order valence-electron chi connectivity index (χ2n) is 10.7. The SMILES string of the molecule is CCO/N=C(/c1ccc(Br)cc1)C1CCN(C2(C)CCN(C(=O)c3c(C)cc[n+]([O-])c3C)CC2)CC1.CNC. The number of nitrogens with one attached hydrogen (secondary N) is 1. The lowest BCUT2D eigenvalue weighted by molar-refractivity contribution is -0.612. The summed E-state index contributed by atoms with van der Waals surface area (Å²) in [5.41, 5.74) is 4.11. The molecule has 2 aliphatic rings. The van der Waals surface area contributed by atoms with Gasteiger partial charge in [0.2, 0.25) is 5.69 Å². The van der Waals surface area contributed by atoms with E-state index in [1.807, 2.05) is 32.8 Å². The second kappa shape index (κ2) is 14.2. The van der Waals surface area contributed by atoms with Crippen LogP contribution in [0, 0.1) is 25.0 Å². The number of pyridine rings is 1. The average molecular weight is 603 g/mol. The van der Waals surface area contributed by atoms with Crippen LogP contribution >= 0.6 is 15.9 Å². The zero-order valence-electron chi connectivity index (χ0n) is 24.3. The van der Waals surface area contributed by atoms with Crippen LogP contribution in [0.25, 0.3) is 0 Å². The van der Waals surface area contributed by atoms with Gasteiger partial charge in [-0.2, -0.15) is 4.73 Å². The molecule has 2 fully saturated rings. The summed E-state index contributed by atoms with van der Waals surface area (Å²) in [6.45, 7) is 11.9. The number of aromatic nitrogens is 1. The average Bonchev–Trinajstić information content (AvgIpc) is 2.93. The molecule has 0 aliphatic carbocycles. The molecule has 8 nitrogen and oxygen atoms in total. The number of aryl methyl sites for hydroxylation is 1. The fraction of sp³-hybridized carbons (Fsp3) is 0.567. The molecule has 0 atom stereocenters. The molecule has 214 valence electrons. The molecule has 1 N–H and O–H groups in total. The summed E-state index contributed by atoms with van der Waals surface area (Å²) < 4.78 is 1.84. The highest BCUT2D eigenvalue weighted by atomic mass is 79.9. The van der Waals surface area contributed by atoms with Gasteiger partial charge in [0.05, 0.1) is 5.71 Å². The van der Waals surface area contributed by atoms with Crippen LogP contribution < -0.4 is 10.0 Å². The topological polar surface area (TPSA) is 84.1 Å². The Morgan fingerprint density at radius 2 is 1.72 bits per heavy atom. The van der Waals surface area contributed by atoms with Gasteiger partial charge in [0.1, 0.15) is 12.2 Å². The Kier molecular flexibility index (Phi) is 11.3. The van der Waals surface area contributed by atoms with Crippen LogP contribution in [-0.4, -0.2) is 73.8 Å². The van der Waals surface area contributed by atoms with Gasteiger partial charge in [0.25, 0.3) is 5.91 Å². The molecule has 1 amide bonds. The van der Waals surface area contributed by atoms with Gasteiger partial charge in [0, 0.05) is 42.0 Å². The molecule has 4 rings (SSSR count). The Hall–Kier alpha value is -2.49. The number of nitrogens with zero attached hydrogens (tertiary/aromatic N) is 4. The Morgan fingerprint density at radius 1 is 1.13 bits per heavy atom. The van der Waals surface area contributed by atoms with Crippen LogP contribution in [-0.2, 0) is 4.84 Å². The van der Waals surface area contributed by atoms with Crippen molar-refractivity contribution in [2.45, 2.75) is 58.9 Å². The van der Waals surface area contributed by atoms with Gasteiger partial charge >= 0.3 is 0 Å². The minimum atomic E-state index is -0.0257. The third kappa shape index (κ3) is 7.58. The number of benzene rings is 1. The van der Waals surface area contributed by atoms with Gasteiger partial charge < -0.3 is 20.3 Å². The number of hydrogen-bond donors (Lipinski definition) is 1. The van der Waals surface area contributed by atoms with Crippen molar-refractivity contribution in [1.29, 1.82) is 0 Å². The standard InChI is InChI=1S/C28H37BrN4O3.C2H7N/c1-5-36-30-26(22-6-8-24(29)9-7-22)23-11-15-32(16-12-23)28(4)13-18-31(19-14-28)27(34)25-20(2)10-17-33(35)21(25)3;1-3-2/h6-10,17,23H,5,11-16,18-19H2,1-4H3;3H,1-2H3/b30-26-;. The van der Waals surface area contributed by atoms with E-state index in [0.29, 0.717) is 36.9 Å². The zero-order chi connectivity index (χ0) is 28.6. The van der Waals surface area contributed by atoms with E-state index in [0.717, 1.165) is 64.8 Å². The molecular formula is C30H44BrN5O3. The van der Waals surface area contributed by atoms with Crippen molar-refractivity contribution in [1.82, 2.24) is 15.1 Å². The summed E-state index contributed by atoms with van der Waals surface area (Å²) in [5, 5.41) is 19.3. The van der Waals surface area contributed by atoms with Crippen LogP contribution in [0.5, 0.6) is 0 Å². The number of carbonyl (C=O) groups excluding carboxylic acids is 1. The predicted molar refractivity (Wildman–Crippen MR) is 160 cm³/mol. The first kappa shape index (κ1) is 31.0. The lowest BCUT2D eigenvalue weighted by Crippen LogP contribution is -2.57. The molecule has 2 aromatic rings. The number of hydrogen-bond acceptors (Lipinski definition) is 6. The molecule has 2 aliphatic heterocycles.